The first kappa shape index (κ1) is 28.2. The zero-order valence-corrected chi connectivity index (χ0v) is 18.5. The second-order valence-corrected chi connectivity index (χ2v) is 8.57. The predicted octanol–water partition coefficient (Wildman–Crippen LogP) is 1.47. The van der Waals surface area contributed by atoms with Gasteiger partial charge in [-0.3, -0.25) is 0 Å². The van der Waals surface area contributed by atoms with Crippen LogP contribution in [0.15, 0.2) is 36.4 Å². The van der Waals surface area contributed by atoms with Crippen LogP contribution in [-0.2, 0) is 12.8 Å². The maximum absolute atomic E-state index is 14.3. The highest BCUT2D eigenvalue weighted by molar-refractivity contribution is 5.20. The summed E-state index contributed by atoms with van der Waals surface area (Å²) >= 11 is 0. The van der Waals surface area contributed by atoms with E-state index >= 15 is 0 Å². The van der Waals surface area contributed by atoms with Crippen LogP contribution in [0, 0.1) is 35.1 Å². The Morgan fingerprint density at radius 3 is 1.71 bits per heavy atom. The number of halogens is 4. The Bertz CT molecular complexity index is 930. The molecule has 0 aliphatic heterocycles. The van der Waals surface area contributed by atoms with E-state index < -0.39 is 72.2 Å². The SMILES string of the molecule is CC(CCc1ccc(F)cc1F)C(Cc1ccc(F)cc1F)C(O)[C@@H](O)[C@@H](O)[C@H](O)[C@@H](O)CO. The van der Waals surface area contributed by atoms with E-state index in [0.717, 1.165) is 18.2 Å². The molecule has 6 nitrogen and oxygen atoms in total. The lowest BCUT2D eigenvalue weighted by Crippen LogP contribution is -2.52. The van der Waals surface area contributed by atoms with E-state index in [1.807, 2.05) is 0 Å². The number of hydrogen-bond donors (Lipinski definition) is 6. The van der Waals surface area contributed by atoms with Crippen molar-refractivity contribution in [1.82, 2.24) is 0 Å². The minimum Gasteiger partial charge on any atom is -0.394 e. The summed E-state index contributed by atoms with van der Waals surface area (Å²) in [6.07, 6.45) is -9.47. The maximum Gasteiger partial charge on any atom is 0.129 e. The molecule has 0 amide bonds. The normalized spacial score (nSPS) is 18.1. The molecule has 6 N–H and O–H groups in total. The minimum atomic E-state index is -2.06. The van der Waals surface area contributed by atoms with E-state index in [-0.39, 0.29) is 30.4 Å². The van der Waals surface area contributed by atoms with E-state index in [2.05, 4.69) is 0 Å². The fourth-order valence-corrected chi connectivity index (χ4v) is 3.91. The summed E-state index contributed by atoms with van der Waals surface area (Å²) in [7, 11) is 0. The zero-order valence-electron chi connectivity index (χ0n) is 18.5. The summed E-state index contributed by atoms with van der Waals surface area (Å²) in [5.41, 5.74) is 0.222. The van der Waals surface area contributed by atoms with Gasteiger partial charge in [-0.25, -0.2) is 17.6 Å². The third-order valence-corrected chi connectivity index (χ3v) is 6.16. The molecule has 10 heteroatoms. The lowest BCUT2D eigenvalue weighted by atomic mass is 9.77. The van der Waals surface area contributed by atoms with Gasteiger partial charge in [-0.1, -0.05) is 19.1 Å². The quantitative estimate of drug-likeness (QED) is 0.251. The molecular formula is C24H30F4O6. The van der Waals surface area contributed by atoms with Crippen LogP contribution >= 0.6 is 0 Å². The predicted molar refractivity (Wildman–Crippen MR) is 115 cm³/mol. The molecule has 190 valence electrons. The topological polar surface area (TPSA) is 121 Å². The largest absolute Gasteiger partial charge is 0.394 e. The molecule has 7 atom stereocenters. The van der Waals surface area contributed by atoms with Crippen molar-refractivity contribution in [3.05, 3.63) is 70.8 Å². The lowest BCUT2D eigenvalue weighted by molar-refractivity contribution is -0.152. The smallest absolute Gasteiger partial charge is 0.129 e. The van der Waals surface area contributed by atoms with Crippen molar-refractivity contribution in [2.45, 2.75) is 56.7 Å². The Hall–Kier alpha value is -2.08. The highest BCUT2D eigenvalue weighted by atomic mass is 19.1. The van der Waals surface area contributed by atoms with Gasteiger partial charge >= 0.3 is 0 Å². The minimum absolute atomic E-state index is 0.0166. The second kappa shape index (κ2) is 12.6. The maximum atomic E-state index is 14.3. The number of aryl methyl sites for hydroxylation is 1. The van der Waals surface area contributed by atoms with Crippen molar-refractivity contribution >= 4 is 0 Å². The van der Waals surface area contributed by atoms with Crippen LogP contribution in [0.3, 0.4) is 0 Å². The van der Waals surface area contributed by atoms with Crippen molar-refractivity contribution in [2.75, 3.05) is 6.61 Å². The van der Waals surface area contributed by atoms with Crippen LogP contribution < -0.4 is 0 Å². The van der Waals surface area contributed by atoms with E-state index in [1.54, 1.807) is 6.92 Å². The molecule has 0 fully saturated rings. The number of benzene rings is 2. The van der Waals surface area contributed by atoms with Crippen molar-refractivity contribution in [3.63, 3.8) is 0 Å². The molecule has 3 unspecified atom stereocenters. The second-order valence-electron chi connectivity index (χ2n) is 8.57. The van der Waals surface area contributed by atoms with Gasteiger partial charge in [0.05, 0.1) is 12.7 Å². The average molecular weight is 490 g/mol. The van der Waals surface area contributed by atoms with Gasteiger partial charge in [0, 0.05) is 12.1 Å². The van der Waals surface area contributed by atoms with Crippen molar-refractivity contribution in [3.8, 4) is 0 Å². The van der Waals surface area contributed by atoms with Gasteiger partial charge in [0.25, 0.3) is 0 Å². The Labute approximate surface area is 194 Å². The first-order valence-corrected chi connectivity index (χ1v) is 10.8. The van der Waals surface area contributed by atoms with Crippen LogP contribution in [0.1, 0.15) is 24.5 Å². The number of aliphatic hydroxyl groups is 6. The molecule has 0 saturated heterocycles. The molecule has 0 heterocycles. The van der Waals surface area contributed by atoms with Crippen molar-refractivity contribution in [2.24, 2.45) is 11.8 Å². The molecule has 0 aliphatic rings. The summed E-state index contributed by atoms with van der Waals surface area (Å²) < 4.78 is 54.8. The molecule has 2 aromatic rings. The summed E-state index contributed by atoms with van der Waals surface area (Å²) in [4.78, 5) is 0. The number of rotatable bonds is 12. The Balaban J connectivity index is 2.26. The zero-order chi connectivity index (χ0) is 25.6. The van der Waals surface area contributed by atoms with Crippen LogP contribution in [0.2, 0.25) is 0 Å². The monoisotopic (exact) mass is 490 g/mol. The standard InChI is InChI=1S/C24H30F4O6/c1-12(2-3-13-4-6-15(25)9-18(13)27)17(8-14-5-7-16(26)10-19(14)28)21(31)23(33)24(34)22(32)20(30)11-29/h4-7,9-10,12,17,20-24,29-34H,2-3,8,11H2,1H3/t12?,17?,20-,21?,22+,23+,24-/m0/s1. The number of hydrogen-bond acceptors (Lipinski definition) is 6. The highest BCUT2D eigenvalue weighted by Gasteiger charge is 2.39. The summed E-state index contributed by atoms with van der Waals surface area (Å²) in [6.45, 7) is 0.722. The van der Waals surface area contributed by atoms with Gasteiger partial charge in [-0.15, -0.1) is 0 Å². The van der Waals surface area contributed by atoms with Gasteiger partial charge in [0.2, 0.25) is 0 Å². The molecule has 0 bridgehead atoms. The molecule has 0 aliphatic carbocycles. The van der Waals surface area contributed by atoms with Crippen LogP contribution in [0.25, 0.3) is 0 Å². The first-order chi connectivity index (χ1) is 16.0. The Morgan fingerprint density at radius 2 is 1.21 bits per heavy atom. The van der Waals surface area contributed by atoms with Gasteiger partial charge in [0.1, 0.15) is 47.7 Å². The fourth-order valence-electron chi connectivity index (χ4n) is 3.91. The van der Waals surface area contributed by atoms with Crippen molar-refractivity contribution in [1.29, 1.82) is 0 Å². The molecule has 0 aromatic heterocycles. The third-order valence-electron chi connectivity index (χ3n) is 6.16. The first-order valence-electron chi connectivity index (χ1n) is 10.8. The van der Waals surface area contributed by atoms with Gasteiger partial charge in [-0.2, -0.15) is 0 Å². The summed E-state index contributed by atoms with van der Waals surface area (Å²) in [5.74, 6) is -4.70. The van der Waals surface area contributed by atoms with Crippen LogP contribution in [0.5, 0.6) is 0 Å². The molecule has 2 rings (SSSR count). The van der Waals surface area contributed by atoms with Gasteiger partial charge in [-0.05, 0) is 54.4 Å². The van der Waals surface area contributed by atoms with E-state index in [9.17, 15) is 43.1 Å². The van der Waals surface area contributed by atoms with Gasteiger partial charge in [0.15, 0.2) is 0 Å². The van der Waals surface area contributed by atoms with E-state index in [4.69, 9.17) is 5.11 Å². The Morgan fingerprint density at radius 1 is 0.706 bits per heavy atom. The van der Waals surface area contributed by atoms with Gasteiger partial charge < -0.3 is 30.6 Å². The fraction of sp³-hybridized carbons (Fsp3) is 0.500. The molecule has 2 aromatic carbocycles. The lowest BCUT2D eigenvalue weighted by Gasteiger charge is -2.35. The van der Waals surface area contributed by atoms with Crippen molar-refractivity contribution < 1.29 is 48.2 Å². The molecule has 0 spiro atoms. The summed E-state index contributed by atoms with van der Waals surface area (Å²) in [6, 6.07) is 5.94. The third kappa shape index (κ3) is 7.21. The highest BCUT2D eigenvalue weighted by Crippen LogP contribution is 2.30. The average Bonchev–Trinajstić information content (AvgIpc) is 2.80. The molecule has 0 saturated carbocycles. The van der Waals surface area contributed by atoms with Crippen LogP contribution in [-0.4, -0.2) is 67.8 Å². The molecule has 0 radical (unpaired) electrons. The van der Waals surface area contributed by atoms with E-state index in [1.165, 1.54) is 12.1 Å². The Kier molecular flexibility index (Phi) is 10.4. The van der Waals surface area contributed by atoms with Crippen LogP contribution in [0.4, 0.5) is 17.6 Å². The molecule has 34 heavy (non-hydrogen) atoms. The molecular weight excluding hydrogens is 460 g/mol. The van der Waals surface area contributed by atoms with E-state index in [0.29, 0.717) is 6.07 Å². The summed E-state index contributed by atoms with van der Waals surface area (Å²) in [5, 5.41) is 59.8. The number of aliphatic hydroxyl groups excluding tert-OH is 6.